The van der Waals surface area contributed by atoms with E-state index in [4.69, 9.17) is 16.7 Å². The molecule has 0 radical (unpaired) electrons. The molecule has 0 saturated carbocycles. The van der Waals surface area contributed by atoms with Crippen LogP contribution in [-0.4, -0.2) is 11.7 Å². The largest absolute Gasteiger partial charge is 0.392 e. The highest BCUT2D eigenvalue weighted by molar-refractivity contribution is 6.30. The molecule has 0 atom stereocenters. The molecular formula is C12H14ClFO. The van der Waals surface area contributed by atoms with Crippen LogP contribution in [0, 0.1) is 0 Å². The van der Waals surface area contributed by atoms with E-state index in [1.54, 1.807) is 38.1 Å². The fourth-order valence-electron chi connectivity index (χ4n) is 1.34. The van der Waals surface area contributed by atoms with Crippen LogP contribution in [-0.2, 0) is 5.41 Å². The first-order valence-corrected chi connectivity index (χ1v) is 5.09. The molecule has 0 saturated heterocycles. The fourth-order valence-corrected chi connectivity index (χ4v) is 1.47. The molecule has 0 aliphatic carbocycles. The summed E-state index contributed by atoms with van der Waals surface area (Å²) in [5.41, 5.74) is 0.0990. The third-order valence-corrected chi connectivity index (χ3v) is 2.69. The maximum Gasteiger partial charge on any atom is 0.108 e. The Kier molecular flexibility index (Phi) is 3.89. The second-order valence-electron chi connectivity index (χ2n) is 3.87. The van der Waals surface area contributed by atoms with Crippen molar-refractivity contribution in [3.63, 3.8) is 0 Å². The number of halogens is 2. The number of hydrogen-bond donors (Lipinski definition) is 1. The first-order valence-electron chi connectivity index (χ1n) is 4.71. The van der Waals surface area contributed by atoms with Gasteiger partial charge < -0.3 is 5.11 Å². The Balaban J connectivity index is 3.05. The van der Waals surface area contributed by atoms with Crippen LogP contribution in [0.3, 0.4) is 0 Å². The average molecular weight is 229 g/mol. The second kappa shape index (κ2) is 4.77. The quantitative estimate of drug-likeness (QED) is 0.840. The number of allylic oxidation sites excluding steroid dienone is 1. The van der Waals surface area contributed by atoms with Gasteiger partial charge in [-0.25, -0.2) is 4.39 Å². The van der Waals surface area contributed by atoms with Gasteiger partial charge in [0.15, 0.2) is 0 Å². The van der Waals surface area contributed by atoms with E-state index in [-0.39, 0.29) is 12.4 Å². The molecule has 0 aliphatic heterocycles. The zero-order chi connectivity index (χ0) is 11.5. The van der Waals surface area contributed by atoms with E-state index in [0.717, 1.165) is 5.56 Å². The Morgan fingerprint density at radius 2 is 1.93 bits per heavy atom. The van der Waals surface area contributed by atoms with Gasteiger partial charge in [0.05, 0.1) is 6.61 Å². The van der Waals surface area contributed by atoms with E-state index in [9.17, 15) is 4.39 Å². The average Bonchev–Trinajstić information content (AvgIpc) is 2.18. The molecule has 0 heterocycles. The summed E-state index contributed by atoms with van der Waals surface area (Å²) >= 11 is 5.75. The minimum absolute atomic E-state index is 0.289. The Hall–Kier alpha value is -0.860. The molecule has 0 aliphatic rings. The SMILES string of the molecule is CC(C)(C(F)=CCO)c1ccc(Cl)cc1. The van der Waals surface area contributed by atoms with Gasteiger partial charge in [-0.2, -0.15) is 0 Å². The first kappa shape index (κ1) is 12.2. The van der Waals surface area contributed by atoms with Gasteiger partial charge >= 0.3 is 0 Å². The van der Waals surface area contributed by atoms with E-state index in [1.165, 1.54) is 6.08 Å². The van der Waals surface area contributed by atoms with E-state index in [2.05, 4.69) is 0 Å². The van der Waals surface area contributed by atoms with Crippen molar-refractivity contribution in [2.24, 2.45) is 0 Å². The summed E-state index contributed by atoms with van der Waals surface area (Å²) in [6.07, 6.45) is 1.18. The van der Waals surface area contributed by atoms with E-state index in [1.807, 2.05) is 0 Å². The molecule has 0 fully saturated rings. The molecule has 0 bridgehead atoms. The van der Waals surface area contributed by atoms with Gasteiger partial charge in [-0.15, -0.1) is 0 Å². The van der Waals surface area contributed by atoms with Crippen LogP contribution >= 0.6 is 11.6 Å². The van der Waals surface area contributed by atoms with Crippen molar-refractivity contribution in [1.82, 2.24) is 0 Å². The highest BCUT2D eigenvalue weighted by Crippen LogP contribution is 2.32. The van der Waals surface area contributed by atoms with Gasteiger partial charge in [0.25, 0.3) is 0 Å². The lowest BCUT2D eigenvalue weighted by Gasteiger charge is -2.23. The minimum atomic E-state index is -0.729. The van der Waals surface area contributed by atoms with E-state index in [0.29, 0.717) is 5.02 Å². The predicted molar refractivity (Wildman–Crippen MR) is 60.8 cm³/mol. The summed E-state index contributed by atoms with van der Waals surface area (Å²) in [5.74, 6) is -0.340. The summed E-state index contributed by atoms with van der Waals surface area (Å²) in [4.78, 5) is 0. The topological polar surface area (TPSA) is 20.2 Å². The van der Waals surface area contributed by atoms with Crippen LogP contribution in [0.5, 0.6) is 0 Å². The number of aliphatic hydroxyl groups excluding tert-OH is 1. The van der Waals surface area contributed by atoms with Crippen LogP contribution in [0.4, 0.5) is 4.39 Å². The highest BCUT2D eigenvalue weighted by Gasteiger charge is 2.25. The van der Waals surface area contributed by atoms with Crippen LogP contribution in [0.25, 0.3) is 0 Å². The summed E-state index contributed by atoms with van der Waals surface area (Å²) in [5, 5.41) is 9.28. The zero-order valence-corrected chi connectivity index (χ0v) is 9.55. The van der Waals surface area contributed by atoms with Crippen LogP contribution < -0.4 is 0 Å². The Morgan fingerprint density at radius 1 is 1.40 bits per heavy atom. The molecule has 1 N–H and O–H groups in total. The van der Waals surface area contributed by atoms with Gasteiger partial charge in [0, 0.05) is 10.4 Å². The molecule has 0 amide bonds. The van der Waals surface area contributed by atoms with Crippen LogP contribution in [0.1, 0.15) is 19.4 Å². The minimum Gasteiger partial charge on any atom is -0.392 e. The van der Waals surface area contributed by atoms with Gasteiger partial charge in [-0.1, -0.05) is 23.7 Å². The number of benzene rings is 1. The van der Waals surface area contributed by atoms with Crippen molar-refractivity contribution in [1.29, 1.82) is 0 Å². The van der Waals surface area contributed by atoms with E-state index < -0.39 is 5.41 Å². The molecule has 0 aromatic heterocycles. The molecule has 0 unspecified atom stereocenters. The lowest BCUT2D eigenvalue weighted by Crippen LogP contribution is -2.18. The lowest BCUT2D eigenvalue weighted by molar-refractivity contribution is 0.333. The highest BCUT2D eigenvalue weighted by atomic mass is 35.5. The zero-order valence-electron chi connectivity index (χ0n) is 8.80. The number of aliphatic hydroxyl groups is 1. The smallest absolute Gasteiger partial charge is 0.108 e. The maximum atomic E-state index is 13.6. The molecular weight excluding hydrogens is 215 g/mol. The standard InChI is InChI=1S/C12H14ClFO/c1-12(2,11(14)7-8-15)9-3-5-10(13)6-4-9/h3-7,15H,8H2,1-2H3. The second-order valence-corrected chi connectivity index (χ2v) is 4.30. The predicted octanol–water partition coefficient (Wildman–Crippen LogP) is 3.46. The molecule has 1 nitrogen and oxygen atoms in total. The molecule has 1 aromatic carbocycles. The number of hydrogen-bond acceptors (Lipinski definition) is 1. The van der Waals surface area contributed by atoms with Gasteiger partial charge in [0.2, 0.25) is 0 Å². The van der Waals surface area contributed by atoms with Crippen molar-refractivity contribution in [3.8, 4) is 0 Å². The third kappa shape index (κ3) is 2.80. The Labute approximate surface area is 94.2 Å². The Morgan fingerprint density at radius 3 is 2.40 bits per heavy atom. The molecule has 1 rings (SSSR count). The monoisotopic (exact) mass is 228 g/mol. The van der Waals surface area contributed by atoms with Crippen molar-refractivity contribution in [3.05, 3.63) is 46.8 Å². The summed E-state index contributed by atoms with van der Waals surface area (Å²) in [6.45, 7) is 3.23. The fraction of sp³-hybridized carbons (Fsp3) is 0.333. The molecule has 3 heteroatoms. The number of rotatable bonds is 3. The molecule has 0 spiro atoms. The summed E-state index contributed by atoms with van der Waals surface area (Å²) in [6, 6.07) is 7.02. The summed E-state index contributed by atoms with van der Waals surface area (Å²) < 4.78 is 13.6. The van der Waals surface area contributed by atoms with Gasteiger partial charge in [-0.3, -0.25) is 0 Å². The van der Waals surface area contributed by atoms with Gasteiger partial charge in [-0.05, 0) is 37.6 Å². The van der Waals surface area contributed by atoms with Crippen molar-refractivity contribution in [2.75, 3.05) is 6.61 Å². The van der Waals surface area contributed by atoms with Crippen molar-refractivity contribution >= 4 is 11.6 Å². The Bertz CT molecular complexity index is 354. The van der Waals surface area contributed by atoms with Crippen molar-refractivity contribution < 1.29 is 9.50 Å². The van der Waals surface area contributed by atoms with Gasteiger partial charge in [0.1, 0.15) is 5.83 Å². The molecule has 15 heavy (non-hydrogen) atoms. The lowest BCUT2D eigenvalue weighted by atomic mass is 9.83. The van der Waals surface area contributed by atoms with Crippen LogP contribution in [0.2, 0.25) is 5.02 Å². The maximum absolute atomic E-state index is 13.6. The molecule has 82 valence electrons. The first-order chi connectivity index (χ1) is 6.98. The normalized spacial score (nSPS) is 13.0. The third-order valence-electron chi connectivity index (χ3n) is 2.43. The van der Waals surface area contributed by atoms with Crippen LogP contribution in [0.15, 0.2) is 36.2 Å². The summed E-state index contributed by atoms with van der Waals surface area (Å²) in [7, 11) is 0. The van der Waals surface area contributed by atoms with Crippen molar-refractivity contribution in [2.45, 2.75) is 19.3 Å². The molecule has 1 aromatic rings. The van der Waals surface area contributed by atoms with E-state index >= 15 is 0 Å².